The van der Waals surface area contributed by atoms with Gasteiger partial charge in [0.1, 0.15) is 5.60 Å². The zero-order valence-electron chi connectivity index (χ0n) is 8.45. The first-order chi connectivity index (χ1) is 6.90. The molecule has 1 aromatic carbocycles. The van der Waals surface area contributed by atoms with Gasteiger partial charge in [-0.3, -0.25) is 0 Å². The smallest absolute Gasteiger partial charge is 0.343 e. The summed E-state index contributed by atoms with van der Waals surface area (Å²) < 4.78 is 6.29. The molecule has 1 aromatic rings. The predicted octanol–water partition coefficient (Wildman–Crippen LogP) is 2.54. The Morgan fingerprint density at radius 2 is 1.80 bits per heavy atom. The molecule has 1 atom stereocenters. The van der Waals surface area contributed by atoms with Crippen LogP contribution in [0.5, 0.6) is 0 Å². The van der Waals surface area contributed by atoms with Gasteiger partial charge in [0, 0.05) is 4.47 Å². The maximum Gasteiger partial charge on any atom is 0.343 e. The lowest BCUT2D eigenvalue weighted by atomic mass is 9.88. The van der Waals surface area contributed by atoms with Crippen LogP contribution in [0.4, 0.5) is 0 Å². The molecule has 0 saturated carbocycles. The Morgan fingerprint density at radius 3 is 2.13 bits per heavy atom. The summed E-state index contributed by atoms with van der Waals surface area (Å²) in [7, 11) is 0. The summed E-state index contributed by atoms with van der Waals surface area (Å²) in [5.41, 5.74) is -1.12. The maximum absolute atomic E-state index is 11.2. The SMILES string of the molecule is CC1(C)OC1(C(=O)O)c1ccc(Br)cc1. The summed E-state index contributed by atoms with van der Waals surface area (Å²) in [6.07, 6.45) is 0. The van der Waals surface area contributed by atoms with E-state index < -0.39 is 17.2 Å². The fraction of sp³-hybridized carbons (Fsp3) is 0.364. The Kier molecular flexibility index (Phi) is 2.17. The third kappa shape index (κ3) is 1.40. The van der Waals surface area contributed by atoms with Crippen molar-refractivity contribution in [2.75, 3.05) is 0 Å². The van der Waals surface area contributed by atoms with Crippen LogP contribution >= 0.6 is 15.9 Å². The Bertz CT molecular complexity index is 410. The molecule has 1 unspecified atom stereocenters. The third-order valence-corrected chi connectivity index (χ3v) is 3.30. The number of hydrogen-bond donors (Lipinski definition) is 1. The summed E-state index contributed by atoms with van der Waals surface area (Å²) in [5.74, 6) is -0.935. The van der Waals surface area contributed by atoms with Crippen molar-refractivity contribution in [2.24, 2.45) is 0 Å². The summed E-state index contributed by atoms with van der Waals surface area (Å²) in [4.78, 5) is 11.2. The number of hydrogen-bond acceptors (Lipinski definition) is 2. The number of benzene rings is 1. The van der Waals surface area contributed by atoms with E-state index in [4.69, 9.17) is 4.74 Å². The maximum atomic E-state index is 11.2. The molecule has 80 valence electrons. The summed E-state index contributed by atoms with van der Waals surface area (Å²) in [5, 5.41) is 9.23. The van der Waals surface area contributed by atoms with E-state index in [2.05, 4.69) is 15.9 Å². The fourth-order valence-electron chi connectivity index (χ4n) is 1.87. The van der Waals surface area contributed by atoms with Gasteiger partial charge in [0.05, 0.1) is 0 Å². The monoisotopic (exact) mass is 270 g/mol. The van der Waals surface area contributed by atoms with Gasteiger partial charge in [0.15, 0.2) is 0 Å². The lowest BCUT2D eigenvalue weighted by Crippen LogP contribution is -2.28. The minimum Gasteiger partial charge on any atom is -0.479 e. The average molecular weight is 271 g/mol. The first-order valence-electron chi connectivity index (χ1n) is 4.60. The molecule has 0 radical (unpaired) electrons. The van der Waals surface area contributed by atoms with E-state index >= 15 is 0 Å². The van der Waals surface area contributed by atoms with E-state index in [0.29, 0.717) is 5.56 Å². The highest BCUT2D eigenvalue weighted by atomic mass is 79.9. The quantitative estimate of drug-likeness (QED) is 0.841. The van der Waals surface area contributed by atoms with Crippen LogP contribution in [-0.4, -0.2) is 16.7 Å². The molecule has 0 amide bonds. The fourth-order valence-corrected chi connectivity index (χ4v) is 2.14. The van der Waals surface area contributed by atoms with Gasteiger partial charge in [-0.2, -0.15) is 0 Å². The van der Waals surface area contributed by atoms with E-state index in [0.717, 1.165) is 4.47 Å². The van der Waals surface area contributed by atoms with Crippen molar-refractivity contribution in [3.8, 4) is 0 Å². The van der Waals surface area contributed by atoms with Crippen LogP contribution in [0.2, 0.25) is 0 Å². The zero-order chi connectivity index (χ0) is 11.3. The van der Waals surface area contributed by atoms with Gasteiger partial charge < -0.3 is 9.84 Å². The van der Waals surface area contributed by atoms with E-state index in [1.807, 2.05) is 12.1 Å². The highest BCUT2D eigenvalue weighted by Crippen LogP contribution is 2.55. The second-order valence-corrected chi connectivity index (χ2v) is 5.02. The Morgan fingerprint density at radius 1 is 1.33 bits per heavy atom. The van der Waals surface area contributed by atoms with Crippen molar-refractivity contribution in [3.05, 3.63) is 34.3 Å². The van der Waals surface area contributed by atoms with Crippen molar-refractivity contribution >= 4 is 21.9 Å². The summed E-state index contributed by atoms with van der Waals surface area (Å²) in [6.45, 7) is 3.56. The molecule has 1 aliphatic rings. The normalized spacial score (nSPS) is 27.4. The number of halogens is 1. The molecule has 1 aliphatic heterocycles. The molecular weight excluding hydrogens is 260 g/mol. The number of rotatable bonds is 2. The Balaban J connectivity index is 2.45. The molecule has 0 bridgehead atoms. The van der Waals surface area contributed by atoms with Crippen LogP contribution < -0.4 is 0 Å². The second-order valence-electron chi connectivity index (χ2n) is 4.11. The molecule has 0 aliphatic carbocycles. The third-order valence-electron chi connectivity index (χ3n) is 2.77. The molecule has 1 fully saturated rings. The van der Waals surface area contributed by atoms with Crippen LogP contribution in [0.15, 0.2) is 28.7 Å². The van der Waals surface area contributed by atoms with Crippen LogP contribution in [0.25, 0.3) is 0 Å². The van der Waals surface area contributed by atoms with E-state index in [-0.39, 0.29) is 0 Å². The van der Waals surface area contributed by atoms with Gasteiger partial charge in [-0.05, 0) is 31.5 Å². The summed E-state index contributed by atoms with van der Waals surface area (Å²) >= 11 is 3.31. The minimum absolute atomic E-state index is 0.632. The largest absolute Gasteiger partial charge is 0.479 e. The van der Waals surface area contributed by atoms with Crippen molar-refractivity contribution in [1.29, 1.82) is 0 Å². The van der Waals surface area contributed by atoms with E-state index in [1.165, 1.54) is 0 Å². The molecule has 15 heavy (non-hydrogen) atoms. The van der Waals surface area contributed by atoms with Gasteiger partial charge in [0.2, 0.25) is 5.60 Å². The van der Waals surface area contributed by atoms with Gasteiger partial charge in [-0.1, -0.05) is 28.1 Å². The van der Waals surface area contributed by atoms with Crippen LogP contribution in [-0.2, 0) is 15.1 Å². The first-order valence-corrected chi connectivity index (χ1v) is 5.39. The number of epoxide rings is 1. The van der Waals surface area contributed by atoms with Crippen molar-refractivity contribution in [2.45, 2.75) is 25.0 Å². The van der Waals surface area contributed by atoms with Crippen LogP contribution in [0.1, 0.15) is 19.4 Å². The van der Waals surface area contributed by atoms with Crippen molar-refractivity contribution < 1.29 is 14.6 Å². The topological polar surface area (TPSA) is 49.8 Å². The molecular formula is C11H11BrO3. The van der Waals surface area contributed by atoms with Gasteiger partial charge in [0.25, 0.3) is 0 Å². The predicted molar refractivity (Wildman–Crippen MR) is 58.6 cm³/mol. The Hall–Kier alpha value is -0.870. The van der Waals surface area contributed by atoms with E-state index in [1.54, 1.807) is 26.0 Å². The molecule has 1 N–H and O–H groups in total. The number of aliphatic carboxylic acids is 1. The molecule has 0 spiro atoms. The molecule has 0 aromatic heterocycles. The molecule has 3 nitrogen and oxygen atoms in total. The lowest BCUT2D eigenvalue weighted by Gasteiger charge is -2.10. The highest BCUT2D eigenvalue weighted by molar-refractivity contribution is 9.10. The standard InChI is InChI=1S/C11H11BrO3/c1-10(2)11(15-10,9(13)14)7-3-5-8(12)6-4-7/h3-6H,1-2H3,(H,13,14). The number of carboxylic acids is 1. The summed E-state index contributed by atoms with van der Waals surface area (Å²) in [6, 6.07) is 7.18. The number of ether oxygens (including phenoxy) is 1. The number of carbonyl (C=O) groups is 1. The molecule has 1 saturated heterocycles. The number of carboxylic acid groups (broad SMARTS) is 1. The average Bonchev–Trinajstić information content (AvgIpc) is 2.72. The zero-order valence-corrected chi connectivity index (χ0v) is 10.0. The highest BCUT2D eigenvalue weighted by Gasteiger charge is 2.70. The molecule has 1 heterocycles. The van der Waals surface area contributed by atoms with Crippen molar-refractivity contribution in [3.63, 3.8) is 0 Å². The van der Waals surface area contributed by atoms with Crippen LogP contribution in [0.3, 0.4) is 0 Å². The van der Waals surface area contributed by atoms with Crippen LogP contribution in [0, 0.1) is 0 Å². The van der Waals surface area contributed by atoms with Gasteiger partial charge in [-0.25, -0.2) is 4.79 Å². The van der Waals surface area contributed by atoms with Gasteiger partial charge in [-0.15, -0.1) is 0 Å². The van der Waals surface area contributed by atoms with E-state index in [9.17, 15) is 9.90 Å². The van der Waals surface area contributed by atoms with Crippen molar-refractivity contribution in [1.82, 2.24) is 0 Å². The van der Waals surface area contributed by atoms with Gasteiger partial charge >= 0.3 is 5.97 Å². The first kappa shape index (κ1) is 10.6. The molecule has 4 heteroatoms. The Labute approximate surface area is 96.2 Å². The minimum atomic E-state index is -1.17. The lowest BCUT2D eigenvalue weighted by molar-refractivity contribution is -0.143. The molecule has 2 rings (SSSR count). The second kappa shape index (κ2) is 3.06.